The van der Waals surface area contributed by atoms with Crippen molar-refractivity contribution < 1.29 is 9.53 Å². The van der Waals surface area contributed by atoms with Gasteiger partial charge in [-0.3, -0.25) is 10.1 Å². The monoisotopic (exact) mass is 198 g/mol. The molecule has 0 aromatic heterocycles. The first-order valence-electron chi connectivity index (χ1n) is 5.30. The van der Waals surface area contributed by atoms with Gasteiger partial charge in [-0.15, -0.1) is 0 Å². The Morgan fingerprint density at radius 2 is 2.29 bits per heavy atom. The molecule has 0 radical (unpaired) electrons. The molecule has 14 heavy (non-hydrogen) atoms. The van der Waals surface area contributed by atoms with Gasteiger partial charge in [-0.25, -0.2) is 0 Å². The van der Waals surface area contributed by atoms with E-state index >= 15 is 0 Å². The molecule has 4 nitrogen and oxygen atoms in total. The Kier molecular flexibility index (Phi) is 2.49. The van der Waals surface area contributed by atoms with Crippen molar-refractivity contribution in [3.8, 4) is 0 Å². The van der Waals surface area contributed by atoms with E-state index in [1.165, 1.54) is 6.42 Å². The second-order valence-corrected chi connectivity index (χ2v) is 4.30. The largest absolute Gasteiger partial charge is 0.378 e. The highest BCUT2D eigenvalue weighted by Gasteiger charge is 2.48. The highest BCUT2D eigenvalue weighted by molar-refractivity contribution is 5.84. The number of methoxy groups -OCH3 is 1. The standard InChI is InChI=1S/C10H18N2O2/c1-7-9(13)12-10(11-7)6-4-3-5-8(10)14-2/h7-8,11H,3-6H2,1-2H3,(H,12,13). The highest BCUT2D eigenvalue weighted by atomic mass is 16.5. The van der Waals surface area contributed by atoms with Gasteiger partial charge < -0.3 is 10.1 Å². The molecule has 80 valence electrons. The smallest absolute Gasteiger partial charge is 0.238 e. The summed E-state index contributed by atoms with van der Waals surface area (Å²) in [6, 6.07) is -0.0919. The Balaban J connectivity index is 2.16. The van der Waals surface area contributed by atoms with Crippen molar-refractivity contribution in [3.05, 3.63) is 0 Å². The Morgan fingerprint density at radius 3 is 2.86 bits per heavy atom. The van der Waals surface area contributed by atoms with Crippen LogP contribution in [0.2, 0.25) is 0 Å². The molecular formula is C10H18N2O2. The van der Waals surface area contributed by atoms with E-state index in [1.54, 1.807) is 7.11 Å². The van der Waals surface area contributed by atoms with Crippen molar-refractivity contribution in [3.63, 3.8) is 0 Å². The van der Waals surface area contributed by atoms with E-state index in [4.69, 9.17) is 4.74 Å². The first kappa shape index (κ1) is 9.93. The van der Waals surface area contributed by atoms with E-state index < -0.39 is 0 Å². The van der Waals surface area contributed by atoms with Gasteiger partial charge in [0, 0.05) is 7.11 Å². The van der Waals surface area contributed by atoms with Crippen molar-refractivity contribution in [2.75, 3.05) is 7.11 Å². The van der Waals surface area contributed by atoms with Gasteiger partial charge >= 0.3 is 0 Å². The van der Waals surface area contributed by atoms with Crippen LogP contribution in [0.15, 0.2) is 0 Å². The molecule has 1 amide bonds. The Hall–Kier alpha value is -0.610. The molecule has 2 fully saturated rings. The normalized spacial score (nSPS) is 42.9. The van der Waals surface area contributed by atoms with Crippen LogP contribution in [0.4, 0.5) is 0 Å². The molecule has 2 N–H and O–H groups in total. The molecule has 0 aromatic rings. The molecule has 0 aromatic carbocycles. The second kappa shape index (κ2) is 3.51. The fraction of sp³-hybridized carbons (Fsp3) is 0.900. The van der Waals surface area contributed by atoms with Gasteiger partial charge in [0.2, 0.25) is 5.91 Å². The minimum absolute atomic E-state index is 0.0916. The Bertz CT molecular complexity index is 244. The number of nitrogens with one attached hydrogen (secondary N) is 2. The molecule has 2 rings (SSSR count). The zero-order chi connectivity index (χ0) is 10.2. The first-order valence-corrected chi connectivity index (χ1v) is 5.30. The van der Waals surface area contributed by atoms with Gasteiger partial charge in [0.15, 0.2) is 0 Å². The summed E-state index contributed by atoms with van der Waals surface area (Å²) in [7, 11) is 1.72. The fourth-order valence-corrected chi connectivity index (χ4v) is 2.58. The van der Waals surface area contributed by atoms with Crippen LogP contribution in [-0.4, -0.2) is 30.8 Å². The maximum absolute atomic E-state index is 11.5. The molecule has 1 aliphatic heterocycles. The quantitative estimate of drug-likeness (QED) is 0.640. The highest BCUT2D eigenvalue weighted by Crippen LogP contribution is 2.31. The van der Waals surface area contributed by atoms with Gasteiger partial charge in [-0.05, 0) is 26.2 Å². The van der Waals surface area contributed by atoms with Crippen LogP contribution in [0.25, 0.3) is 0 Å². The number of carbonyl (C=O) groups is 1. The van der Waals surface area contributed by atoms with Crippen LogP contribution >= 0.6 is 0 Å². The summed E-state index contributed by atoms with van der Waals surface area (Å²) in [6.45, 7) is 1.89. The van der Waals surface area contributed by atoms with Gasteiger partial charge in [0.1, 0.15) is 5.66 Å². The summed E-state index contributed by atoms with van der Waals surface area (Å²) in [5, 5.41) is 6.38. The maximum atomic E-state index is 11.5. The number of amides is 1. The number of hydrogen-bond donors (Lipinski definition) is 2. The van der Waals surface area contributed by atoms with Gasteiger partial charge in [-0.1, -0.05) is 6.42 Å². The number of rotatable bonds is 1. The average Bonchev–Trinajstić information content (AvgIpc) is 2.44. The maximum Gasteiger partial charge on any atom is 0.238 e. The SMILES string of the molecule is COC1CCCCC12NC(=O)C(C)N2. The summed E-state index contributed by atoms with van der Waals surface area (Å²) >= 11 is 0. The lowest BCUT2D eigenvalue weighted by atomic mass is 9.86. The van der Waals surface area contributed by atoms with Crippen molar-refractivity contribution in [1.82, 2.24) is 10.6 Å². The van der Waals surface area contributed by atoms with Crippen molar-refractivity contribution in [2.24, 2.45) is 0 Å². The van der Waals surface area contributed by atoms with Crippen LogP contribution in [-0.2, 0) is 9.53 Å². The van der Waals surface area contributed by atoms with Crippen LogP contribution in [0.5, 0.6) is 0 Å². The number of carbonyl (C=O) groups excluding carboxylic acids is 1. The lowest BCUT2D eigenvalue weighted by Gasteiger charge is -2.40. The molecule has 4 heteroatoms. The fourth-order valence-electron chi connectivity index (χ4n) is 2.58. The zero-order valence-electron chi connectivity index (χ0n) is 8.80. The predicted molar refractivity (Wildman–Crippen MR) is 52.7 cm³/mol. The van der Waals surface area contributed by atoms with E-state index in [1.807, 2.05) is 6.92 Å². The molecule has 3 atom stereocenters. The number of hydrogen-bond acceptors (Lipinski definition) is 3. The Morgan fingerprint density at radius 1 is 1.50 bits per heavy atom. The predicted octanol–water partition coefficient (Wildman–Crippen LogP) is 0.380. The molecule has 1 heterocycles. The van der Waals surface area contributed by atoms with Gasteiger partial charge in [0.25, 0.3) is 0 Å². The minimum Gasteiger partial charge on any atom is -0.378 e. The Labute approximate surface area is 84.4 Å². The molecule has 1 aliphatic carbocycles. The molecule has 1 spiro atoms. The third kappa shape index (κ3) is 1.42. The lowest BCUT2D eigenvalue weighted by Crippen LogP contribution is -2.61. The zero-order valence-corrected chi connectivity index (χ0v) is 8.80. The summed E-state index contributed by atoms with van der Waals surface area (Å²) < 4.78 is 5.45. The summed E-state index contributed by atoms with van der Waals surface area (Å²) in [4.78, 5) is 11.5. The summed E-state index contributed by atoms with van der Waals surface area (Å²) in [5.74, 6) is 0.0916. The summed E-state index contributed by atoms with van der Waals surface area (Å²) in [6.07, 6.45) is 4.45. The average molecular weight is 198 g/mol. The van der Waals surface area contributed by atoms with E-state index in [0.717, 1.165) is 19.3 Å². The van der Waals surface area contributed by atoms with Crippen molar-refractivity contribution in [2.45, 2.75) is 50.4 Å². The van der Waals surface area contributed by atoms with Crippen molar-refractivity contribution in [1.29, 1.82) is 0 Å². The van der Waals surface area contributed by atoms with E-state index in [9.17, 15) is 4.79 Å². The first-order chi connectivity index (χ1) is 6.68. The van der Waals surface area contributed by atoms with E-state index in [0.29, 0.717) is 0 Å². The van der Waals surface area contributed by atoms with Crippen LogP contribution in [0.1, 0.15) is 32.6 Å². The minimum atomic E-state index is -0.288. The third-order valence-corrected chi connectivity index (χ3v) is 3.34. The van der Waals surface area contributed by atoms with Crippen LogP contribution < -0.4 is 10.6 Å². The van der Waals surface area contributed by atoms with Gasteiger partial charge in [-0.2, -0.15) is 0 Å². The molecule has 2 aliphatic rings. The van der Waals surface area contributed by atoms with Crippen molar-refractivity contribution >= 4 is 5.91 Å². The molecule has 1 saturated carbocycles. The second-order valence-electron chi connectivity index (χ2n) is 4.30. The van der Waals surface area contributed by atoms with E-state index in [-0.39, 0.29) is 23.7 Å². The number of ether oxygens (including phenoxy) is 1. The molecule has 3 unspecified atom stereocenters. The molecular weight excluding hydrogens is 180 g/mol. The van der Waals surface area contributed by atoms with Gasteiger partial charge in [0.05, 0.1) is 12.1 Å². The molecule has 0 bridgehead atoms. The lowest BCUT2D eigenvalue weighted by molar-refractivity contribution is -0.121. The topological polar surface area (TPSA) is 50.4 Å². The summed E-state index contributed by atoms with van der Waals surface area (Å²) in [5.41, 5.74) is -0.288. The van der Waals surface area contributed by atoms with E-state index in [2.05, 4.69) is 10.6 Å². The third-order valence-electron chi connectivity index (χ3n) is 3.34. The van der Waals surface area contributed by atoms with Crippen LogP contribution in [0.3, 0.4) is 0 Å². The molecule has 1 saturated heterocycles. The van der Waals surface area contributed by atoms with Crippen LogP contribution in [0, 0.1) is 0 Å².